The summed E-state index contributed by atoms with van der Waals surface area (Å²) < 4.78 is 26.2. The zero-order valence-corrected chi connectivity index (χ0v) is 14.7. The Morgan fingerprint density at radius 1 is 0.960 bits per heavy atom. The SMILES string of the molecule is CN1[C@@H]2C=C(c3ccccc3)C(=O)[C@H]1[C@H](S(=O)(=O)c1ccccc1)C2. The number of hydrogen-bond donors (Lipinski definition) is 0. The minimum Gasteiger partial charge on any atom is -0.292 e. The molecule has 1 fully saturated rings. The summed E-state index contributed by atoms with van der Waals surface area (Å²) in [6.45, 7) is 0. The Hall–Kier alpha value is -2.24. The molecule has 0 aromatic heterocycles. The van der Waals surface area contributed by atoms with Crippen LogP contribution in [0, 0.1) is 0 Å². The van der Waals surface area contributed by atoms with Crippen LogP contribution < -0.4 is 0 Å². The van der Waals surface area contributed by atoms with E-state index >= 15 is 0 Å². The van der Waals surface area contributed by atoms with Crippen molar-refractivity contribution in [1.29, 1.82) is 0 Å². The topological polar surface area (TPSA) is 54.5 Å². The molecule has 128 valence electrons. The zero-order valence-electron chi connectivity index (χ0n) is 13.9. The van der Waals surface area contributed by atoms with E-state index < -0.39 is 21.1 Å². The number of ketones is 1. The number of Topliss-reactive ketones (excluding diaryl/α,β-unsaturated/α-hetero) is 1. The van der Waals surface area contributed by atoms with Crippen molar-refractivity contribution in [3.8, 4) is 0 Å². The summed E-state index contributed by atoms with van der Waals surface area (Å²) in [7, 11) is -1.72. The van der Waals surface area contributed by atoms with Crippen molar-refractivity contribution in [3.05, 3.63) is 72.3 Å². The third-order valence-corrected chi connectivity index (χ3v) is 7.41. The fraction of sp³-hybridized carbons (Fsp3) is 0.250. The first-order valence-corrected chi connectivity index (χ1v) is 9.87. The first-order valence-electron chi connectivity index (χ1n) is 8.32. The molecule has 4 rings (SSSR count). The molecule has 3 atom stereocenters. The molecule has 0 aliphatic carbocycles. The normalized spacial score (nSPS) is 26.5. The van der Waals surface area contributed by atoms with Crippen LogP contribution in [0.25, 0.3) is 5.57 Å². The van der Waals surface area contributed by atoms with Gasteiger partial charge in [-0.2, -0.15) is 0 Å². The molecule has 1 saturated heterocycles. The van der Waals surface area contributed by atoms with E-state index in [2.05, 4.69) is 0 Å². The van der Waals surface area contributed by atoms with Crippen LogP contribution in [0.15, 0.2) is 71.6 Å². The van der Waals surface area contributed by atoms with Gasteiger partial charge in [-0.15, -0.1) is 0 Å². The highest BCUT2D eigenvalue weighted by Crippen LogP contribution is 2.40. The molecule has 2 aliphatic rings. The van der Waals surface area contributed by atoms with Crippen molar-refractivity contribution in [1.82, 2.24) is 4.90 Å². The predicted octanol–water partition coefficient (Wildman–Crippen LogP) is 2.57. The van der Waals surface area contributed by atoms with Crippen LogP contribution in [0.2, 0.25) is 0 Å². The van der Waals surface area contributed by atoms with Gasteiger partial charge in [0.1, 0.15) is 0 Å². The lowest BCUT2D eigenvalue weighted by atomic mass is 9.94. The lowest BCUT2D eigenvalue weighted by Gasteiger charge is -2.30. The second-order valence-electron chi connectivity index (χ2n) is 6.62. The highest BCUT2D eigenvalue weighted by atomic mass is 32.2. The standard InChI is InChI=1S/C20H19NO3S/c1-21-15-12-17(14-8-4-2-5-9-14)20(22)19(21)18(13-15)25(23,24)16-10-6-3-7-11-16/h2-12,15,18-19H,13H2,1H3/t15-,18-,19-/m1/s1. The second-order valence-corrected chi connectivity index (χ2v) is 8.79. The van der Waals surface area contributed by atoms with Gasteiger partial charge < -0.3 is 0 Å². The first kappa shape index (κ1) is 16.2. The van der Waals surface area contributed by atoms with Crippen LogP contribution in [0.5, 0.6) is 0 Å². The van der Waals surface area contributed by atoms with Crippen molar-refractivity contribution in [2.45, 2.75) is 28.6 Å². The molecular weight excluding hydrogens is 334 g/mol. The molecule has 2 aromatic carbocycles. The molecule has 5 heteroatoms. The highest BCUT2D eigenvalue weighted by molar-refractivity contribution is 7.92. The molecule has 0 amide bonds. The van der Waals surface area contributed by atoms with E-state index in [0.717, 1.165) is 5.56 Å². The van der Waals surface area contributed by atoms with Gasteiger partial charge in [0.15, 0.2) is 15.6 Å². The van der Waals surface area contributed by atoms with E-state index in [1.54, 1.807) is 30.3 Å². The smallest absolute Gasteiger partial charge is 0.183 e. The maximum Gasteiger partial charge on any atom is 0.183 e. The molecule has 25 heavy (non-hydrogen) atoms. The number of rotatable bonds is 3. The largest absolute Gasteiger partial charge is 0.292 e. The number of fused-ring (bicyclic) bond motifs is 2. The Kier molecular flexibility index (Phi) is 3.85. The minimum absolute atomic E-state index is 0.0404. The van der Waals surface area contributed by atoms with Crippen LogP contribution in [0.4, 0.5) is 0 Å². The fourth-order valence-corrected chi connectivity index (χ4v) is 5.90. The quantitative estimate of drug-likeness (QED) is 0.851. The fourth-order valence-electron chi connectivity index (χ4n) is 3.91. The zero-order chi connectivity index (χ0) is 17.6. The first-order chi connectivity index (χ1) is 12.0. The van der Waals surface area contributed by atoms with Crippen LogP contribution in [-0.2, 0) is 14.6 Å². The van der Waals surface area contributed by atoms with Crippen molar-refractivity contribution in [2.24, 2.45) is 0 Å². The third kappa shape index (κ3) is 2.55. The van der Waals surface area contributed by atoms with Crippen molar-refractivity contribution >= 4 is 21.2 Å². The van der Waals surface area contributed by atoms with E-state index in [1.165, 1.54) is 0 Å². The van der Waals surface area contributed by atoms with Gasteiger partial charge in [0.05, 0.1) is 16.2 Å². The number of sulfone groups is 1. The summed E-state index contributed by atoms with van der Waals surface area (Å²) >= 11 is 0. The van der Waals surface area contributed by atoms with Gasteiger partial charge in [0.2, 0.25) is 0 Å². The maximum atomic E-state index is 13.1. The summed E-state index contributed by atoms with van der Waals surface area (Å²) in [5.41, 5.74) is 1.49. The molecule has 0 saturated carbocycles. The minimum atomic E-state index is -3.56. The Bertz CT molecular complexity index is 935. The molecule has 0 unspecified atom stereocenters. The molecule has 2 aromatic rings. The monoisotopic (exact) mass is 353 g/mol. The Morgan fingerprint density at radius 2 is 1.56 bits per heavy atom. The highest BCUT2D eigenvalue weighted by Gasteiger charge is 2.52. The van der Waals surface area contributed by atoms with Gasteiger partial charge in [0, 0.05) is 11.6 Å². The third-order valence-electron chi connectivity index (χ3n) is 5.24. The van der Waals surface area contributed by atoms with Crippen LogP contribution in [0.1, 0.15) is 12.0 Å². The Labute approximate surface area is 147 Å². The van der Waals surface area contributed by atoms with Crippen LogP contribution in [-0.4, -0.2) is 43.5 Å². The van der Waals surface area contributed by atoms with E-state index in [4.69, 9.17) is 0 Å². The number of benzene rings is 2. The van der Waals surface area contributed by atoms with Crippen LogP contribution in [0.3, 0.4) is 0 Å². The van der Waals surface area contributed by atoms with E-state index in [9.17, 15) is 13.2 Å². The number of hydrogen-bond acceptors (Lipinski definition) is 4. The van der Waals surface area contributed by atoms with Crippen LogP contribution >= 0.6 is 0 Å². The average molecular weight is 353 g/mol. The van der Waals surface area contributed by atoms with E-state index in [-0.39, 0.29) is 16.7 Å². The second kappa shape index (κ2) is 5.93. The number of likely N-dealkylation sites (N-methyl/N-ethyl adjacent to an activating group) is 1. The van der Waals surface area contributed by atoms with Gasteiger partial charge in [-0.05, 0) is 31.2 Å². The summed E-state index contributed by atoms with van der Waals surface area (Å²) in [5.74, 6) is -0.105. The van der Waals surface area contributed by atoms with Crippen molar-refractivity contribution in [2.75, 3.05) is 7.05 Å². The lowest BCUT2D eigenvalue weighted by molar-refractivity contribution is -0.118. The Balaban J connectivity index is 1.74. The Morgan fingerprint density at radius 3 is 2.20 bits per heavy atom. The average Bonchev–Trinajstić information content (AvgIpc) is 2.87. The molecule has 0 N–H and O–H groups in total. The van der Waals surface area contributed by atoms with E-state index in [0.29, 0.717) is 12.0 Å². The number of carbonyl (C=O) groups is 1. The molecule has 2 aliphatic heterocycles. The predicted molar refractivity (Wildman–Crippen MR) is 96.8 cm³/mol. The molecule has 0 spiro atoms. The van der Waals surface area contributed by atoms with Gasteiger partial charge in [-0.1, -0.05) is 54.6 Å². The summed E-state index contributed by atoms with van der Waals surface area (Å²) in [6.07, 6.45) is 2.37. The molecular formula is C20H19NO3S. The van der Waals surface area contributed by atoms with Crippen molar-refractivity contribution < 1.29 is 13.2 Å². The van der Waals surface area contributed by atoms with E-state index in [1.807, 2.05) is 48.4 Å². The van der Waals surface area contributed by atoms with Gasteiger partial charge in [-0.3, -0.25) is 9.69 Å². The molecule has 0 radical (unpaired) electrons. The molecule has 2 bridgehead atoms. The molecule has 2 heterocycles. The van der Waals surface area contributed by atoms with Gasteiger partial charge in [0.25, 0.3) is 0 Å². The van der Waals surface area contributed by atoms with Crippen molar-refractivity contribution in [3.63, 3.8) is 0 Å². The van der Waals surface area contributed by atoms with Gasteiger partial charge >= 0.3 is 0 Å². The lowest BCUT2D eigenvalue weighted by Crippen LogP contribution is -2.46. The maximum absolute atomic E-state index is 13.1. The summed E-state index contributed by atoms with van der Waals surface area (Å²) in [4.78, 5) is 15.3. The number of nitrogens with zero attached hydrogens (tertiary/aromatic N) is 1. The number of carbonyl (C=O) groups excluding carboxylic acids is 1. The summed E-state index contributed by atoms with van der Waals surface area (Å²) in [6, 6.07) is 17.2. The summed E-state index contributed by atoms with van der Waals surface area (Å²) in [5, 5.41) is -0.713. The molecule has 4 nitrogen and oxygen atoms in total. The van der Waals surface area contributed by atoms with Gasteiger partial charge in [-0.25, -0.2) is 8.42 Å².